The third kappa shape index (κ3) is 4.79. The molecule has 1 heterocycles. The van der Waals surface area contributed by atoms with Crippen molar-refractivity contribution in [3.05, 3.63) is 89.7 Å². The van der Waals surface area contributed by atoms with Gasteiger partial charge >= 0.3 is 0 Å². The number of aromatic hydroxyl groups is 2. The first kappa shape index (κ1) is 23.0. The van der Waals surface area contributed by atoms with Gasteiger partial charge in [-0.3, -0.25) is 0 Å². The highest BCUT2D eigenvalue weighted by molar-refractivity contribution is 7.80. The quantitative estimate of drug-likeness (QED) is 0.411. The van der Waals surface area contributed by atoms with Crippen molar-refractivity contribution in [3.8, 4) is 11.5 Å². The second-order valence-electron chi connectivity index (χ2n) is 8.35. The fraction of sp³-hybridized carbons (Fsp3) is 0.269. The zero-order chi connectivity index (χ0) is 23.5. The molecule has 3 aromatic rings. The minimum absolute atomic E-state index is 0.00425. The Bertz CT molecular complexity index is 1110. The van der Waals surface area contributed by atoms with Crippen molar-refractivity contribution >= 4 is 23.0 Å². The molecule has 4 rings (SSSR count). The van der Waals surface area contributed by atoms with Gasteiger partial charge in [-0.25, -0.2) is 4.39 Å². The predicted octanol–water partition coefficient (Wildman–Crippen LogP) is 5.29. The van der Waals surface area contributed by atoms with E-state index in [1.165, 1.54) is 18.2 Å². The van der Waals surface area contributed by atoms with Gasteiger partial charge in [-0.2, -0.15) is 0 Å². The number of phenols is 2. The zero-order valence-electron chi connectivity index (χ0n) is 18.3. The van der Waals surface area contributed by atoms with Gasteiger partial charge in [0, 0.05) is 24.4 Å². The third-order valence-corrected chi connectivity index (χ3v) is 6.73. The number of hydrogen-bond acceptors (Lipinski definition) is 4. The minimum atomic E-state index is -0.685. The van der Waals surface area contributed by atoms with Crippen molar-refractivity contribution < 1.29 is 19.7 Å². The lowest BCUT2D eigenvalue weighted by Gasteiger charge is -2.29. The van der Waals surface area contributed by atoms with Crippen LogP contribution in [0.15, 0.2) is 72.8 Å². The highest BCUT2D eigenvalue weighted by Gasteiger charge is 2.43. The first-order valence-electron chi connectivity index (χ1n) is 10.9. The number of hydrogen-bond donors (Lipinski definition) is 3. The summed E-state index contributed by atoms with van der Waals surface area (Å²) >= 11 is 5.80. The highest BCUT2D eigenvalue weighted by atomic mass is 32.1. The summed E-state index contributed by atoms with van der Waals surface area (Å²) < 4.78 is 13.2. The summed E-state index contributed by atoms with van der Waals surface area (Å²) in [5, 5.41) is 31.7. The summed E-state index contributed by atoms with van der Waals surface area (Å²) in [6.45, 7) is 0. The van der Waals surface area contributed by atoms with Crippen LogP contribution >= 0.6 is 12.2 Å². The van der Waals surface area contributed by atoms with Gasteiger partial charge < -0.3 is 25.1 Å². The monoisotopic (exact) mass is 466 g/mol. The molecule has 3 atom stereocenters. The number of likely N-dealkylation sites (N-methyl/N-ethyl adjacent to an activating group) is 1. The maximum atomic E-state index is 13.2. The number of benzene rings is 3. The number of rotatable bonds is 7. The summed E-state index contributed by atoms with van der Waals surface area (Å²) in [5.41, 5.74) is 2.28. The van der Waals surface area contributed by atoms with Gasteiger partial charge in [-0.05, 0) is 73.4 Å². The van der Waals surface area contributed by atoms with Crippen molar-refractivity contribution in [3.63, 3.8) is 0 Å². The van der Waals surface area contributed by atoms with E-state index in [0.717, 1.165) is 5.69 Å². The molecule has 33 heavy (non-hydrogen) atoms. The third-order valence-electron chi connectivity index (χ3n) is 6.25. The van der Waals surface area contributed by atoms with Gasteiger partial charge in [0.05, 0.1) is 18.2 Å². The summed E-state index contributed by atoms with van der Waals surface area (Å²) in [6.07, 6.45) is 1.25. The number of phenolic OH excluding ortho intramolecular Hbond substituents is 2. The summed E-state index contributed by atoms with van der Waals surface area (Å²) in [4.78, 5) is 4.06. The molecule has 1 fully saturated rings. The van der Waals surface area contributed by atoms with Crippen LogP contribution in [0.4, 0.5) is 10.1 Å². The highest BCUT2D eigenvalue weighted by Crippen LogP contribution is 2.44. The lowest BCUT2D eigenvalue weighted by Crippen LogP contribution is -2.30. The number of halogens is 1. The minimum Gasteiger partial charge on any atom is -0.508 e. The molecule has 0 spiro atoms. The molecule has 1 aliphatic heterocycles. The van der Waals surface area contributed by atoms with Gasteiger partial charge in [-0.1, -0.05) is 30.3 Å². The SMILES string of the molecule is CN1C(=S)N(c2ccccc2)[C@H](c2ccc(O)cc2O)[C@H]1CCCC(O)c1ccc(F)cc1. The van der Waals surface area contributed by atoms with E-state index >= 15 is 0 Å². The topological polar surface area (TPSA) is 67.2 Å². The Labute approximate surface area is 198 Å². The Hall–Kier alpha value is -3.16. The summed E-state index contributed by atoms with van der Waals surface area (Å²) in [5.74, 6) is -0.324. The molecule has 0 aromatic heterocycles. The maximum absolute atomic E-state index is 13.2. The Balaban J connectivity index is 1.59. The van der Waals surface area contributed by atoms with Crippen LogP contribution in [0, 0.1) is 5.82 Å². The number of aliphatic hydroxyl groups is 1. The van der Waals surface area contributed by atoms with Crippen LogP contribution in [0.5, 0.6) is 11.5 Å². The lowest BCUT2D eigenvalue weighted by atomic mass is 9.92. The molecular weight excluding hydrogens is 439 g/mol. The van der Waals surface area contributed by atoms with Crippen molar-refractivity contribution in [2.75, 3.05) is 11.9 Å². The fourth-order valence-corrected chi connectivity index (χ4v) is 4.88. The first-order valence-corrected chi connectivity index (χ1v) is 11.3. The van der Waals surface area contributed by atoms with E-state index < -0.39 is 6.10 Å². The maximum Gasteiger partial charge on any atom is 0.176 e. The molecule has 3 N–H and O–H groups in total. The molecular formula is C26H27FN2O3S. The van der Waals surface area contributed by atoms with E-state index in [2.05, 4.69) is 0 Å². The Morgan fingerprint density at radius 1 is 1.00 bits per heavy atom. The average Bonchev–Trinajstić information content (AvgIpc) is 3.05. The molecule has 0 bridgehead atoms. The van der Waals surface area contributed by atoms with Crippen LogP contribution in [0.2, 0.25) is 0 Å². The Morgan fingerprint density at radius 3 is 2.36 bits per heavy atom. The van der Waals surface area contributed by atoms with Gasteiger partial charge in [-0.15, -0.1) is 0 Å². The van der Waals surface area contributed by atoms with Crippen molar-refractivity contribution in [1.29, 1.82) is 0 Å². The molecule has 1 aliphatic rings. The van der Waals surface area contributed by atoms with E-state index in [1.807, 2.05) is 47.2 Å². The molecule has 1 unspecified atom stereocenters. The van der Waals surface area contributed by atoms with Crippen LogP contribution in [-0.4, -0.2) is 38.4 Å². The van der Waals surface area contributed by atoms with Crippen molar-refractivity contribution in [1.82, 2.24) is 4.90 Å². The second kappa shape index (κ2) is 9.77. The van der Waals surface area contributed by atoms with Crippen LogP contribution in [-0.2, 0) is 0 Å². The fourth-order valence-electron chi connectivity index (χ4n) is 4.53. The van der Waals surface area contributed by atoms with Crippen LogP contribution < -0.4 is 4.90 Å². The molecule has 3 aromatic carbocycles. The van der Waals surface area contributed by atoms with Crippen LogP contribution in [0.3, 0.4) is 0 Å². The van der Waals surface area contributed by atoms with Gasteiger partial charge in [0.15, 0.2) is 5.11 Å². The molecule has 5 nitrogen and oxygen atoms in total. The van der Waals surface area contributed by atoms with E-state index in [-0.39, 0.29) is 29.4 Å². The molecule has 172 valence electrons. The normalized spacial score (nSPS) is 19.2. The van der Waals surface area contributed by atoms with Crippen molar-refractivity contribution in [2.24, 2.45) is 0 Å². The van der Waals surface area contributed by atoms with Crippen LogP contribution in [0.1, 0.15) is 42.5 Å². The van der Waals surface area contributed by atoms with Gasteiger partial charge in [0.2, 0.25) is 0 Å². The molecule has 0 radical (unpaired) electrons. The zero-order valence-corrected chi connectivity index (χ0v) is 19.1. The number of para-hydroxylation sites is 1. The molecule has 0 saturated carbocycles. The Kier molecular flexibility index (Phi) is 6.81. The van der Waals surface area contributed by atoms with E-state index in [9.17, 15) is 19.7 Å². The lowest BCUT2D eigenvalue weighted by molar-refractivity contribution is 0.159. The second-order valence-corrected chi connectivity index (χ2v) is 8.72. The summed E-state index contributed by atoms with van der Waals surface area (Å²) in [6, 6.07) is 20.0. The average molecular weight is 467 g/mol. The van der Waals surface area contributed by atoms with Crippen LogP contribution in [0.25, 0.3) is 0 Å². The van der Waals surface area contributed by atoms with E-state index in [0.29, 0.717) is 35.5 Å². The standard InChI is InChI=1S/C26H27FN2O3S/c1-28-22(8-5-9-23(31)17-10-12-18(27)13-11-17)25(21-15-14-20(30)16-24(21)32)29(26(28)33)19-6-3-2-4-7-19/h2-4,6-7,10-16,22-23,25,30-32H,5,8-9H2,1H3/t22-,23?,25-/m1/s1. The Morgan fingerprint density at radius 2 is 1.70 bits per heavy atom. The van der Waals surface area contributed by atoms with E-state index in [1.54, 1.807) is 24.3 Å². The number of thiocarbonyl (C=S) groups is 1. The molecule has 7 heteroatoms. The number of nitrogens with zero attached hydrogens (tertiary/aromatic N) is 2. The smallest absolute Gasteiger partial charge is 0.176 e. The molecule has 1 saturated heterocycles. The number of anilines is 1. The first-order chi connectivity index (χ1) is 15.9. The van der Waals surface area contributed by atoms with Gasteiger partial charge in [0.1, 0.15) is 17.3 Å². The van der Waals surface area contributed by atoms with Gasteiger partial charge in [0.25, 0.3) is 0 Å². The molecule has 0 amide bonds. The molecule has 0 aliphatic carbocycles. The van der Waals surface area contributed by atoms with Crippen molar-refractivity contribution in [2.45, 2.75) is 37.5 Å². The summed E-state index contributed by atoms with van der Waals surface area (Å²) in [7, 11) is 1.94. The number of aliphatic hydroxyl groups excluding tert-OH is 1. The largest absolute Gasteiger partial charge is 0.508 e. The predicted molar refractivity (Wildman–Crippen MR) is 131 cm³/mol. The van der Waals surface area contributed by atoms with E-state index in [4.69, 9.17) is 12.2 Å².